The number of carboxylic acids is 1. The van der Waals surface area contributed by atoms with Crippen molar-refractivity contribution in [1.82, 2.24) is 9.80 Å². The Kier molecular flexibility index (Phi) is 5.59. The minimum atomic E-state index is -1.12. The highest BCUT2D eigenvalue weighted by Crippen LogP contribution is 2.25. The van der Waals surface area contributed by atoms with Crippen LogP contribution in [0.4, 0.5) is 5.69 Å². The molecule has 0 saturated carbocycles. The number of carbonyl (C=O) groups is 3. The number of nitro groups is 1. The molecule has 1 saturated heterocycles. The molecule has 140 valence electrons. The maximum absolute atomic E-state index is 12.8. The molecule has 0 bridgehead atoms. The molecule has 9 heteroatoms. The summed E-state index contributed by atoms with van der Waals surface area (Å²) in [5, 5.41) is 20.0. The Hall–Kier alpha value is -2.97. The van der Waals surface area contributed by atoms with E-state index in [1.54, 1.807) is 6.92 Å². The summed E-state index contributed by atoms with van der Waals surface area (Å²) < 4.78 is 0. The Morgan fingerprint density at radius 1 is 1.38 bits per heavy atom. The van der Waals surface area contributed by atoms with E-state index in [0.717, 1.165) is 4.90 Å². The summed E-state index contributed by atoms with van der Waals surface area (Å²) in [6, 6.07) is 2.35. The summed E-state index contributed by atoms with van der Waals surface area (Å²) in [4.78, 5) is 49.4. The predicted molar refractivity (Wildman–Crippen MR) is 91.8 cm³/mol. The number of likely N-dealkylation sites (tertiary alicyclic amines) is 1. The lowest BCUT2D eigenvalue weighted by Crippen LogP contribution is -2.50. The van der Waals surface area contributed by atoms with Gasteiger partial charge in [-0.05, 0) is 38.8 Å². The molecule has 1 aliphatic heterocycles. The topological polar surface area (TPSA) is 121 Å². The van der Waals surface area contributed by atoms with Gasteiger partial charge in [0.1, 0.15) is 12.1 Å². The minimum Gasteiger partial charge on any atom is -0.480 e. The van der Waals surface area contributed by atoms with Gasteiger partial charge in [-0.15, -0.1) is 0 Å². The molecule has 0 aromatic heterocycles. The molecule has 2 rings (SSSR count). The van der Waals surface area contributed by atoms with Crippen LogP contribution in [0.5, 0.6) is 0 Å². The van der Waals surface area contributed by atoms with Crippen molar-refractivity contribution in [3.63, 3.8) is 0 Å². The molecular formula is C17H21N3O6. The van der Waals surface area contributed by atoms with Gasteiger partial charge in [-0.1, -0.05) is 0 Å². The van der Waals surface area contributed by atoms with E-state index < -0.39 is 34.8 Å². The van der Waals surface area contributed by atoms with E-state index in [-0.39, 0.29) is 11.3 Å². The third kappa shape index (κ3) is 3.66. The summed E-state index contributed by atoms with van der Waals surface area (Å²) in [7, 11) is 1.40. The zero-order chi connectivity index (χ0) is 19.6. The van der Waals surface area contributed by atoms with E-state index in [1.165, 1.54) is 37.1 Å². The smallest absolute Gasteiger partial charge is 0.326 e. The monoisotopic (exact) mass is 363 g/mol. The summed E-state index contributed by atoms with van der Waals surface area (Å²) in [6.45, 7) is 3.32. The number of nitro benzene ring substituents is 1. The van der Waals surface area contributed by atoms with Crippen molar-refractivity contribution in [2.24, 2.45) is 0 Å². The zero-order valence-electron chi connectivity index (χ0n) is 14.8. The highest BCUT2D eigenvalue weighted by atomic mass is 16.6. The van der Waals surface area contributed by atoms with Crippen molar-refractivity contribution >= 4 is 23.5 Å². The van der Waals surface area contributed by atoms with Crippen molar-refractivity contribution in [3.05, 3.63) is 39.4 Å². The molecule has 1 fully saturated rings. The lowest BCUT2D eigenvalue weighted by Gasteiger charge is -2.30. The molecule has 2 atom stereocenters. The molecule has 1 heterocycles. The van der Waals surface area contributed by atoms with Crippen molar-refractivity contribution in [3.8, 4) is 0 Å². The predicted octanol–water partition coefficient (Wildman–Crippen LogP) is 1.44. The average molecular weight is 363 g/mol. The maximum Gasteiger partial charge on any atom is 0.326 e. The van der Waals surface area contributed by atoms with Gasteiger partial charge < -0.3 is 14.9 Å². The van der Waals surface area contributed by atoms with Crippen LogP contribution < -0.4 is 0 Å². The zero-order valence-corrected chi connectivity index (χ0v) is 14.8. The van der Waals surface area contributed by atoms with Gasteiger partial charge in [0.25, 0.3) is 11.6 Å². The fraction of sp³-hybridized carbons (Fsp3) is 0.471. The molecule has 2 amide bonds. The van der Waals surface area contributed by atoms with Crippen LogP contribution in [0.15, 0.2) is 18.2 Å². The Labute approximate surface area is 150 Å². The van der Waals surface area contributed by atoms with Crippen LogP contribution in [0.1, 0.15) is 35.7 Å². The summed E-state index contributed by atoms with van der Waals surface area (Å²) in [5.41, 5.74) is 0.548. The normalized spacial score (nSPS) is 17.7. The molecule has 0 aliphatic carbocycles. The van der Waals surface area contributed by atoms with Gasteiger partial charge in [0.05, 0.1) is 4.92 Å². The number of rotatable bonds is 5. The minimum absolute atomic E-state index is 0.0781. The summed E-state index contributed by atoms with van der Waals surface area (Å²) in [6.07, 6.45) is 1.08. The number of likely N-dealkylation sites (N-methyl/N-ethyl adjacent to an activating group) is 1. The molecule has 9 nitrogen and oxygen atoms in total. The van der Waals surface area contributed by atoms with E-state index in [2.05, 4.69) is 0 Å². The number of carbonyl (C=O) groups excluding carboxylic acids is 2. The van der Waals surface area contributed by atoms with Crippen molar-refractivity contribution in [1.29, 1.82) is 0 Å². The standard InChI is InChI=1S/C17H21N3O6/c1-10-9-12(6-7-13(10)20(25)26)15(21)19-8-4-5-14(19)16(22)18(3)11(2)17(23)24/h6-7,9,11,14H,4-5,8H2,1-3H3,(H,23,24). The van der Waals surface area contributed by atoms with Gasteiger partial charge in [-0.2, -0.15) is 0 Å². The third-order valence-electron chi connectivity index (χ3n) is 4.73. The van der Waals surface area contributed by atoms with Crippen LogP contribution in [0.3, 0.4) is 0 Å². The number of nitrogens with zero attached hydrogens (tertiary/aromatic N) is 3. The van der Waals surface area contributed by atoms with Crippen LogP contribution in [-0.4, -0.2) is 63.3 Å². The first kappa shape index (κ1) is 19.4. The largest absolute Gasteiger partial charge is 0.480 e. The molecule has 0 radical (unpaired) electrons. The number of amides is 2. The second-order valence-corrected chi connectivity index (χ2v) is 6.38. The van der Waals surface area contributed by atoms with Gasteiger partial charge in [0.15, 0.2) is 0 Å². The second kappa shape index (κ2) is 7.51. The van der Waals surface area contributed by atoms with Gasteiger partial charge in [-0.25, -0.2) is 4.79 Å². The Balaban J connectivity index is 2.23. The lowest BCUT2D eigenvalue weighted by atomic mass is 10.1. The number of aliphatic carboxylic acids is 1. The van der Waals surface area contributed by atoms with Crippen LogP contribution in [0, 0.1) is 17.0 Å². The van der Waals surface area contributed by atoms with Crippen molar-refractivity contribution in [2.45, 2.75) is 38.8 Å². The SMILES string of the molecule is Cc1cc(C(=O)N2CCCC2C(=O)N(C)C(C)C(=O)O)ccc1[N+](=O)[O-]. The fourth-order valence-corrected chi connectivity index (χ4v) is 3.02. The van der Waals surface area contributed by atoms with Crippen molar-refractivity contribution < 1.29 is 24.4 Å². The molecule has 1 aliphatic rings. The number of aryl methyl sites for hydroxylation is 1. The van der Waals surface area contributed by atoms with Gasteiger partial charge >= 0.3 is 5.97 Å². The first-order valence-corrected chi connectivity index (χ1v) is 8.20. The summed E-state index contributed by atoms with van der Waals surface area (Å²) in [5.74, 6) is -1.94. The van der Waals surface area contributed by atoms with Gasteiger partial charge in [-0.3, -0.25) is 19.7 Å². The maximum atomic E-state index is 12.8. The quantitative estimate of drug-likeness (QED) is 0.624. The molecule has 1 aromatic carbocycles. The second-order valence-electron chi connectivity index (χ2n) is 6.38. The highest BCUT2D eigenvalue weighted by Gasteiger charge is 2.38. The van der Waals surface area contributed by atoms with Crippen LogP contribution in [-0.2, 0) is 9.59 Å². The van der Waals surface area contributed by atoms with E-state index in [0.29, 0.717) is 24.9 Å². The third-order valence-corrected chi connectivity index (χ3v) is 4.73. The molecule has 2 unspecified atom stereocenters. The highest BCUT2D eigenvalue weighted by molar-refractivity contribution is 5.98. The molecule has 1 N–H and O–H groups in total. The number of carboxylic acid groups (broad SMARTS) is 1. The molecule has 26 heavy (non-hydrogen) atoms. The van der Waals surface area contributed by atoms with Gasteiger partial charge in [0.2, 0.25) is 5.91 Å². The number of benzene rings is 1. The Morgan fingerprint density at radius 3 is 2.58 bits per heavy atom. The number of hydrogen-bond donors (Lipinski definition) is 1. The molecule has 0 spiro atoms. The number of hydrogen-bond acceptors (Lipinski definition) is 5. The first-order chi connectivity index (χ1) is 12.1. The van der Waals surface area contributed by atoms with Crippen LogP contribution >= 0.6 is 0 Å². The van der Waals surface area contributed by atoms with Crippen LogP contribution in [0.25, 0.3) is 0 Å². The van der Waals surface area contributed by atoms with E-state index in [4.69, 9.17) is 5.11 Å². The Morgan fingerprint density at radius 2 is 2.04 bits per heavy atom. The average Bonchev–Trinajstić information content (AvgIpc) is 3.08. The molecular weight excluding hydrogens is 342 g/mol. The Bertz CT molecular complexity index is 763. The van der Waals surface area contributed by atoms with E-state index in [9.17, 15) is 24.5 Å². The lowest BCUT2D eigenvalue weighted by molar-refractivity contribution is -0.385. The van der Waals surface area contributed by atoms with E-state index >= 15 is 0 Å². The summed E-state index contributed by atoms with van der Waals surface area (Å²) >= 11 is 0. The van der Waals surface area contributed by atoms with Crippen LogP contribution in [0.2, 0.25) is 0 Å². The fourth-order valence-electron chi connectivity index (χ4n) is 3.02. The first-order valence-electron chi connectivity index (χ1n) is 8.20. The molecule has 1 aromatic rings. The van der Waals surface area contributed by atoms with E-state index in [1.807, 2.05) is 0 Å². The van der Waals surface area contributed by atoms with Crippen molar-refractivity contribution in [2.75, 3.05) is 13.6 Å². The van der Waals surface area contributed by atoms with Gasteiger partial charge in [0, 0.05) is 30.8 Å².